The second kappa shape index (κ2) is 6.35. The molecule has 0 bridgehead atoms. The van der Waals surface area contributed by atoms with Gasteiger partial charge < -0.3 is 15.2 Å². The minimum atomic E-state index is -0.649. The number of ether oxygens (including phenoxy) is 2. The average Bonchev–Trinajstić information content (AvgIpc) is 2.28. The van der Waals surface area contributed by atoms with Crippen LogP contribution in [0, 0.1) is 0 Å². The van der Waals surface area contributed by atoms with Crippen LogP contribution in [-0.4, -0.2) is 25.7 Å². The first-order valence-corrected chi connectivity index (χ1v) is 5.23. The fourth-order valence-corrected chi connectivity index (χ4v) is 1.31. The number of nitrogens with two attached hydrogens (primary N) is 1. The van der Waals surface area contributed by atoms with E-state index in [0.717, 1.165) is 0 Å². The van der Waals surface area contributed by atoms with Crippen LogP contribution in [0.25, 0.3) is 0 Å². The number of carbonyl (C=O) groups is 1. The monoisotopic (exact) mass is 243 g/mol. The van der Waals surface area contributed by atoms with Crippen molar-refractivity contribution in [1.82, 2.24) is 0 Å². The van der Waals surface area contributed by atoms with Crippen LogP contribution in [0.5, 0.6) is 5.75 Å². The van der Waals surface area contributed by atoms with Gasteiger partial charge in [-0.1, -0.05) is 17.7 Å². The predicted octanol–water partition coefficient (Wildman–Crippen LogP) is 1.61. The standard InChI is InChI=1S/C11H14ClNO3/c1-15-11(14)10(13)5-6-16-9-4-2-3-8(12)7-9/h2-4,7,10H,5-6,13H2,1H3. The van der Waals surface area contributed by atoms with E-state index >= 15 is 0 Å². The summed E-state index contributed by atoms with van der Waals surface area (Å²) >= 11 is 5.78. The molecule has 0 fully saturated rings. The third-order valence-electron chi connectivity index (χ3n) is 2.00. The maximum absolute atomic E-state index is 11.0. The predicted molar refractivity (Wildman–Crippen MR) is 61.6 cm³/mol. The SMILES string of the molecule is COC(=O)C(N)CCOc1cccc(Cl)c1. The van der Waals surface area contributed by atoms with Gasteiger partial charge in [-0.05, 0) is 18.2 Å². The fraction of sp³-hybridized carbons (Fsp3) is 0.364. The number of halogens is 1. The lowest BCUT2D eigenvalue weighted by atomic mass is 10.2. The van der Waals surface area contributed by atoms with E-state index in [9.17, 15) is 4.79 Å². The molecule has 1 aromatic rings. The summed E-state index contributed by atoms with van der Waals surface area (Å²) in [5.41, 5.74) is 5.54. The first-order chi connectivity index (χ1) is 7.63. The quantitative estimate of drug-likeness (QED) is 0.799. The molecular formula is C11H14ClNO3. The maximum Gasteiger partial charge on any atom is 0.322 e. The highest BCUT2D eigenvalue weighted by molar-refractivity contribution is 6.30. The van der Waals surface area contributed by atoms with Crippen LogP contribution in [-0.2, 0) is 9.53 Å². The number of carbonyl (C=O) groups excluding carboxylic acids is 1. The molecule has 0 saturated heterocycles. The van der Waals surface area contributed by atoms with E-state index in [-0.39, 0.29) is 0 Å². The first-order valence-electron chi connectivity index (χ1n) is 4.85. The minimum absolute atomic E-state index is 0.344. The summed E-state index contributed by atoms with van der Waals surface area (Å²) in [7, 11) is 1.31. The molecular weight excluding hydrogens is 230 g/mol. The van der Waals surface area contributed by atoms with Crippen molar-refractivity contribution in [3.05, 3.63) is 29.3 Å². The first kappa shape index (κ1) is 12.8. The highest BCUT2D eigenvalue weighted by atomic mass is 35.5. The smallest absolute Gasteiger partial charge is 0.322 e. The lowest BCUT2D eigenvalue weighted by Gasteiger charge is -2.10. The van der Waals surface area contributed by atoms with E-state index in [4.69, 9.17) is 22.1 Å². The largest absolute Gasteiger partial charge is 0.493 e. The van der Waals surface area contributed by atoms with Gasteiger partial charge >= 0.3 is 5.97 Å². The number of benzene rings is 1. The van der Waals surface area contributed by atoms with Crippen LogP contribution in [0.2, 0.25) is 5.02 Å². The molecule has 1 unspecified atom stereocenters. The Morgan fingerprint density at radius 2 is 2.31 bits per heavy atom. The van der Waals surface area contributed by atoms with Gasteiger partial charge in [0.25, 0.3) is 0 Å². The third-order valence-corrected chi connectivity index (χ3v) is 2.23. The molecule has 0 saturated carbocycles. The Kier molecular flexibility index (Phi) is 5.08. The summed E-state index contributed by atoms with van der Waals surface area (Å²) in [5.74, 6) is 0.222. The highest BCUT2D eigenvalue weighted by Gasteiger charge is 2.13. The van der Waals surface area contributed by atoms with Crippen molar-refractivity contribution in [1.29, 1.82) is 0 Å². The Bertz CT molecular complexity index is 357. The Morgan fingerprint density at radius 1 is 1.56 bits per heavy atom. The molecule has 88 valence electrons. The maximum atomic E-state index is 11.0. The summed E-state index contributed by atoms with van der Waals surface area (Å²) in [5, 5.41) is 0.606. The summed E-state index contributed by atoms with van der Waals surface area (Å²) in [6.45, 7) is 0.344. The third kappa shape index (κ3) is 4.08. The molecule has 1 rings (SSSR count). The average molecular weight is 244 g/mol. The lowest BCUT2D eigenvalue weighted by molar-refractivity contribution is -0.142. The molecule has 0 spiro atoms. The van der Waals surface area contributed by atoms with E-state index in [1.165, 1.54) is 7.11 Å². The molecule has 0 radical (unpaired) electrons. The molecule has 1 aromatic carbocycles. The van der Waals surface area contributed by atoms with E-state index in [2.05, 4.69) is 4.74 Å². The van der Waals surface area contributed by atoms with E-state index in [0.29, 0.717) is 23.8 Å². The van der Waals surface area contributed by atoms with Crippen molar-refractivity contribution in [3.8, 4) is 5.75 Å². The van der Waals surface area contributed by atoms with Crippen molar-refractivity contribution in [2.45, 2.75) is 12.5 Å². The number of hydrogen-bond donors (Lipinski definition) is 1. The van der Waals surface area contributed by atoms with Gasteiger partial charge in [-0.15, -0.1) is 0 Å². The number of rotatable bonds is 5. The van der Waals surface area contributed by atoms with Crippen molar-refractivity contribution < 1.29 is 14.3 Å². The Hall–Kier alpha value is -1.26. The normalized spacial score (nSPS) is 11.9. The molecule has 0 aliphatic rings. The van der Waals surface area contributed by atoms with Crippen molar-refractivity contribution in [2.75, 3.05) is 13.7 Å². The molecule has 1 atom stereocenters. The van der Waals surface area contributed by atoms with Crippen LogP contribution >= 0.6 is 11.6 Å². The molecule has 4 nitrogen and oxygen atoms in total. The summed E-state index contributed by atoms with van der Waals surface area (Å²) in [6, 6.07) is 6.39. The molecule has 0 aromatic heterocycles. The van der Waals surface area contributed by atoms with E-state index in [1.807, 2.05) is 0 Å². The highest BCUT2D eigenvalue weighted by Crippen LogP contribution is 2.17. The zero-order valence-electron chi connectivity index (χ0n) is 8.98. The van der Waals surface area contributed by atoms with Crippen LogP contribution in [0.3, 0.4) is 0 Å². The van der Waals surface area contributed by atoms with Gasteiger partial charge in [-0.3, -0.25) is 4.79 Å². The van der Waals surface area contributed by atoms with Gasteiger partial charge in [0, 0.05) is 11.4 Å². The van der Waals surface area contributed by atoms with Crippen molar-refractivity contribution >= 4 is 17.6 Å². The molecule has 16 heavy (non-hydrogen) atoms. The second-order valence-electron chi connectivity index (χ2n) is 3.22. The number of methoxy groups -OCH3 is 1. The summed E-state index contributed by atoms with van der Waals surface area (Å²) < 4.78 is 9.87. The molecule has 0 amide bonds. The van der Waals surface area contributed by atoms with Gasteiger partial charge in [0.2, 0.25) is 0 Å². The molecule has 5 heteroatoms. The van der Waals surface area contributed by atoms with Gasteiger partial charge in [-0.25, -0.2) is 0 Å². The van der Waals surface area contributed by atoms with E-state index < -0.39 is 12.0 Å². The Labute approximate surface area is 99.3 Å². The second-order valence-corrected chi connectivity index (χ2v) is 3.66. The van der Waals surface area contributed by atoms with Crippen LogP contribution in [0.1, 0.15) is 6.42 Å². The van der Waals surface area contributed by atoms with Gasteiger partial charge in [0.15, 0.2) is 0 Å². The fourth-order valence-electron chi connectivity index (χ4n) is 1.13. The molecule has 0 heterocycles. The van der Waals surface area contributed by atoms with Crippen LogP contribution in [0.4, 0.5) is 0 Å². The van der Waals surface area contributed by atoms with Crippen molar-refractivity contribution in [2.24, 2.45) is 5.73 Å². The lowest BCUT2D eigenvalue weighted by Crippen LogP contribution is -2.33. The Balaban J connectivity index is 2.33. The topological polar surface area (TPSA) is 61.5 Å². The summed E-state index contributed by atoms with van der Waals surface area (Å²) in [4.78, 5) is 11.0. The zero-order valence-corrected chi connectivity index (χ0v) is 9.74. The molecule has 0 aliphatic heterocycles. The van der Waals surface area contributed by atoms with Gasteiger partial charge in [0.05, 0.1) is 13.7 Å². The van der Waals surface area contributed by atoms with Gasteiger partial charge in [-0.2, -0.15) is 0 Å². The number of hydrogen-bond acceptors (Lipinski definition) is 4. The van der Waals surface area contributed by atoms with Crippen molar-refractivity contribution in [3.63, 3.8) is 0 Å². The zero-order chi connectivity index (χ0) is 12.0. The minimum Gasteiger partial charge on any atom is -0.493 e. The van der Waals surface area contributed by atoms with Crippen LogP contribution in [0.15, 0.2) is 24.3 Å². The number of esters is 1. The Morgan fingerprint density at radius 3 is 2.94 bits per heavy atom. The van der Waals surface area contributed by atoms with Gasteiger partial charge in [0.1, 0.15) is 11.8 Å². The van der Waals surface area contributed by atoms with E-state index in [1.54, 1.807) is 24.3 Å². The molecule has 2 N–H and O–H groups in total. The molecule has 0 aliphatic carbocycles. The van der Waals surface area contributed by atoms with Crippen LogP contribution < -0.4 is 10.5 Å². The summed E-state index contributed by atoms with van der Waals surface area (Å²) in [6.07, 6.45) is 0.402.